The number of nitrogens with one attached hydrogen (secondary N) is 1. The van der Waals surface area contributed by atoms with Crippen molar-refractivity contribution in [2.75, 3.05) is 5.32 Å². The lowest BCUT2D eigenvalue weighted by Gasteiger charge is -2.31. The number of benzene rings is 3. The fourth-order valence-corrected chi connectivity index (χ4v) is 4.98. The lowest BCUT2D eigenvalue weighted by Crippen LogP contribution is -2.38. The summed E-state index contributed by atoms with van der Waals surface area (Å²) < 4.78 is 17.6. The minimum Gasteiger partial charge on any atom is -0.308 e. The number of aromatic nitrogens is 3. The Balaban J connectivity index is 1.53. The van der Waals surface area contributed by atoms with Crippen LogP contribution in [0.1, 0.15) is 34.1 Å². The van der Waals surface area contributed by atoms with Crippen molar-refractivity contribution in [2.45, 2.75) is 26.4 Å². The monoisotopic (exact) mass is 491 g/mol. The van der Waals surface area contributed by atoms with Gasteiger partial charge in [0, 0.05) is 17.4 Å². The molecule has 1 aliphatic heterocycles. The number of fused-ring (bicyclic) bond motifs is 3. The van der Waals surface area contributed by atoms with Crippen molar-refractivity contribution in [1.82, 2.24) is 19.2 Å². The molecule has 1 atom stereocenters. The number of amides is 2. The number of anilines is 1. The fraction of sp³-hybridized carbons (Fsp3) is 0.133. The van der Waals surface area contributed by atoms with Crippen LogP contribution in [0.4, 0.5) is 14.9 Å². The normalized spacial score (nSPS) is 14.6. The molecule has 0 saturated carbocycles. The number of aryl methyl sites for hydroxylation is 2. The molecule has 1 N–H and O–H groups in total. The number of hydrogen-bond donors (Lipinski definition) is 1. The van der Waals surface area contributed by atoms with Crippen molar-refractivity contribution in [2.24, 2.45) is 0 Å². The van der Waals surface area contributed by atoms with Crippen LogP contribution < -0.4 is 5.32 Å². The van der Waals surface area contributed by atoms with Crippen molar-refractivity contribution in [3.05, 3.63) is 131 Å². The first kappa shape index (κ1) is 22.8. The molecule has 1 aliphatic rings. The summed E-state index contributed by atoms with van der Waals surface area (Å²) in [6.45, 7) is 4.37. The molecule has 7 heteroatoms. The molecule has 0 aliphatic carbocycles. The van der Waals surface area contributed by atoms with Crippen molar-refractivity contribution in [3.63, 3.8) is 0 Å². The van der Waals surface area contributed by atoms with Crippen LogP contribution in [0.3, 0.4) is 0 Å². The standard InChI is InChI=1S/C30H26FN5O/c1-20-10-12-22(13-11-20)28-27-9-6-18-34(27)29-26(21(2)33-36(29)25-7-4-3-5-8-25)19-35(28)30(37)32-24-16-14-23(31)15-17-24/h3-18,28H,19H2,1-2H3,(H,32,37). The number of halogens is 1. The number of urea groups is 1. The third-order valence-corrected chi connectivity index (χ3v) is 6.84. The van der Waals surface area contributed by atoms with Crippen molar-refractivity contribution in [3.8, 4) is 11.5 Å². The summed E-state index contributed by atoms with van der Waals surface area (Å²) in [6, 6.07) is 27.5. The quantitative estimate of drug-likeness (QED) is 0.311. The van der Waals surface area contributed by atoms with Crippen LogP contribution in [0.15, 0.2) is 97.2 Å². The minimum absolute atomic E-state index is 0.273. The van der Waals surface area contributed by atoms with Crippen LogP contribution in [0.2, 0.25) is 0 Å². The van der Waals surface area contributed by atoms with E-state index in [0.717, 1.165) is 39.6 Å². The number of carbonyl (C=O) groups excluding carboxylic acids is 1. The van der Waals surface area contributed by atoms with E-state index in [1.807, 2.05) is 66.0 Å². The highest BCUT2D eigenvalue weighted by molar-refractivity contribution is 5.90. The first-order valence-electron chi connectivity index (χ1n) is 12.2. The Bertz CT molecular complexity index is 1570. The molecule has 6 rings (SSSR count). The van der Waals surface area contributed by atoms with Gasteiger partial charge in [0.1, 0.15) is 11.6 Å². The van der Waals surface area contributed by atoms with E-state index in [1.54, 1.807) is 12.1 Å². The van der Waals surface area contributed by atoms with Gasteiger partial charge in [0.2, 0.25) is 0 Å². The van der Waals surface area contributed by atoms with E-state index in [1.165, 1.54) is 12.1 Å². The Morgan fingerprint density at radius 1 is 0.919 bits per heavy atom. The zero-order chi connectivity index (χ0) is 25.5. The Morgan fingerprint density at radius 3 is 2.38 bits per heavy atom. The first-order valence-corrected chi connectivity index (χ1v) is 12.2. The van der Waals surface area contributed by atoms with Gasteiger partial charge in [-0.2, -0.15) is 5.10 Å². The van der Waals surface area contributed by atoms with Gasteiger partial charge in [0.25, 0.3) is 0 Å². The van der Waals surface area contributed by atoms with E-state index in [4.69, 9.17) is 5.10 Å². The van der Waals surface area contributed by atoms with Gasteiger partial charge in [-0.3, -0.25) is 0 Å². The van der Waals surface area contributed by atoms with E-state index >= 15 is 0 Å². The molecule has 0 radical (unpaired) electrons. The van der Waals surface area contributed by atoms with Crippen LogP contribution >= 0.6 is 0 Å². The maximum Gasteiger partial charge on any atom is 0.322 e. The van der Waals surface area contributed by atoms with Crippen molar-refractivity contribution < 1.29 is 9.18 Å². The molecule has 0 saturated heterocycles. The molecule has 2 amide bonds. The van der Waals surface area contributed by atoms with Crippen molar-refractivity contribution in [1.29, 1.82) is 0 Å². The maximum absolute atomic E-state index is 13.9. The maximum atomic E-state index is 13.9. The van der Waals surface area contributed by atoms with E-state index in [0.29, 0.717) is 12.2 Å². The van der Waals surface area contributed by atoms with E-state index in [-0.39, 0.29) is 17.9 Å². The summed E-state index contributed by atoms with van der Waals surface area (Å²) in [6.07, 6.45) is 2.03. The lowest BCUT2D eigenvalue weighted by molar-refractivity contribution is 0.194. The zero-order valence-electron chi connectivity index (χ0n) is 20.6. The fourth-order valence-electron chi connectivity index (χ4n) is 4.98. The predicted molar refractivity (Wildman–Crippen MR) is 142 cm³/mol. The molecule has 0 fully saturated rings. The molecule has 0 bridgehead atoms. The molecule has 3 aromatic carbocycles. The molecular formula is C30H26FN5O. The third kappa shape index (κ3) is 4.08. The van der Waals surface area contributed by atoms with Crippen LogP contribution in [0.25, 0.3) is 11.5 Å². The zero-order valence-corrected chi connectivity index (χ0v) is 20.6. The highest BCUT2D eigenvalue weighted by Crippen LogP contribution is 2.38. The van der Waals surface area contributed by atoms with Crippen LogP contribution in [0, 0.1) is 19.7 Å². The predicted octanol–water partition coefficient (Wildman–Crippen LogP) is 6.56. The van der Waals surface area contributed by atoms with Gasteiger partial charge in [-0.25, -0.2) is 13.9 Å². The molecule has 37 heavy (non-hydrogen) atoms. The Morgan fingerprint density at radius 2 is 1.65 bits per heavy atom. The number of carbonyl (C=O) groups is 1. The van der Waals surface area contributed by atoms with Crippen molar-refractivity contribution >= 4 is 11.7 Å². The summed E-state index contributed by atoms with van der Waals surface area (Å²) in [4.78, 5) is 15.7. The molecular weight excluding hydrogens is 465 g/mol. The minimum atomic E-state index is -0.355. The average molecular weight is 492 g/mol. The summed E-state index contributed by atoms with van der Waals surface area (Å²) in [5.41, 5.74) is 6.39. The molecule has 2 aromatic heterocycles. The Labute approximate surface area is 214 Å². The van der Waals surface area contributed by atoms with Crippen LogP contribution in [-0.2, 0) is 6.54 Å². The molecule has 184 valence electrons. The van der Waals surface area contributed by atoms with E-state index in [9.17, 15) is 9.18 Å². The second-order valence-corrected chi connectivity index (χ2v) is 9.32. The smallest absolute Gasteiger partial charge is 0.308 e. The van der Waals surface area contributed by atoms with Gasteiger partial charge in [-0.15, -0.1) is 0 Å². The number of hydrogen-bond acceptors (Lipinski definition) is 2. The third-order valence-electron chi connectivity index (χ3n) is 6.84. The average Bonchev–Trinajstić information content (AvgIpc) is 3.47. The summed E-state index contributed by atoms with van der Waals surface area (Å²) in [5.74, 6) is 0.564. The van der Waals surface area contributed by atoms with E-state index < -0.39 is 0 Å². The molecule has 1 unspecified atom stereocenters. The first-order chi connectivity index (χ1) is 18.0. The Kier molecular flexibility index (Phi) is 5.60. The lowest BCUT2D eigenvalue weighted by atomic mass is 10.0. The molecule has 6 nitrogen and oxygen atoms in total. The highest BCUT2D eigenvalue weighted by Gasteiger charge is 2.36. The van der Waals surface area contributed by atoms with E-state index in [2.05, 4.69) is 40.2 Å². The Hall–Kier alpha value is -4.65. The number of nitrogens with zero attached hydrogens (tertiary/aromatic N) is 4. The van der Waals surface area contributed by atoms with Gasteiger partial charge >= 0.3 is 6.03 Å². The number of rotatable bonds is 3. The van der Waals surface area contributed by atoms with Crippen LogP contribution in [-0.4, -0.2) is 25.3 Å². The number of para-hydroxylation sites is 1. The van der Waals surface area contributed by atoms with Gasteiger partial charge in [0.15, 0.2) is 0 Å². The molecule has 0 spiro atoms. The topological polar surface area (TPSA) is 55.1 Å². The summed E-state index contributed by atoms with van der Waals surface area (Å²) in [7, 11) is 0. The summed E-state index contributed by atoms with van der Waals surface area (Å²) in [5, 5.41) is 7.85. The highest BCUT2D eigenvalue weighted by atomic mass is 19.1. The SMILES string of the molecule is Cc1ccc(C2c3cccn3-c3c(c(C)nn3-c3ccccc3)CN2C(=O)Nc2ccc(F)cc2)cc1. The van der Waals surface area contributed by atoms with Gasteiger partial charge in [0.05, 0.1) is 29.7 Å². The second kappa shape index (κ2) is 9.09. The second-order valence-electron chi connectivity index (χ2n) is 9.32. The van der Waals surface area contributed by atoms with Gasteiger partial charge in [-0.05, 0) is 67.9 Å². The molecule has 5 aromatic rings. The molecule has 3 heterocycles. The van der Waals surface area contributed by atoms with Gasteiger partial charge in [-0.1, -0.05) is 48.0 Å². The van der Waals surface area contributed by atoms with Gasteiger partial charge < -0.3 is 14.8 Å². The van der Waals surface area contributed by atoms with Crippen LogP contribution in [0.5, 0.6) is 0 Å². The summed E-state index contributed by atoms with van der Waals surface area (Å²) >= 11 is 0. The largest absolute Gasteiger partial charge is 0.322 e.